The van der Waals surface area contributed by atoms with Crippen LogP contribution in [0, 0.1) is 0 Å². The van der Waals surface area contributed by atoms with Crippen molar-refractivity contribution in [1.29, 1.82) is 0 Å². The molecule has 0 heterocycles. The molecule has 1 aromatic rings. The molecule has 3 nitrogen and oxygen atoms in total. The highest BCUT2D eigenvalue weighted by Crippen LogP contribution is 2.10. The topological polar surface area (TPSA) is 46.3 Å². The third kappa shape index (κ3) is 4.96. The fraction of sp³-hybridized carbons (Fsp3) is 0.364. The van der Waals surface area contributed by atoms with Gasteiger partial charge < -0.3 is 10.6 Å². The molecule has 1 amide bonds. The highest BCUT2D eigenvalue weighted by Gasteiger charge is 2.05. The van der Waals surface area contributed by atoms with Crippen molar-refractivity contribution in [2.45, 2.75) is 6.42 Å². The number of hydrogen-bond donors (Lipinski definition) is 1. The molecule has 0 aliphatic rings. The van der Waals surface area contributed by atoms with E-state index in [2.05, 4.69) is 15.9 Å². The fourth-order valence-corrected chi connectivity index (χ4v) is 1.49. The molecule has 1 rings (SSSR count). The van der Waals surface area contributed by atoms with E-state index >= 15 is 0 Å². The Kier molecular flexibility index (Phi) is 7.38. The van der Waals surface area contributed by atoms with Crippen molar-refractivity contribution in [1.82, 2.24) is 4.90 Å². The zero-order chi connectivity index (χ0) is 11.3. The number of carbonyl (C=O) groups excluding carboxylic acids is 1. The Morgan fingerprint density at radius 3 is 2.44 bits per heavy atom. The number of likely N-dealkylation sites (N-methyl/N-ethyl adjacent to an activating group) is 1. The summed E-state index contributed by atoms with van der Waals surface area (Å²) in [4.78, 5) is 12.8. The molecule has 0 saturated carbocycles. The minimum atomic E-state index is -0.0212. The Morgan fingerprint density at radius 1 is 1.38 bits per heavy atom. The lowest BCUT2D eigenvalue weighted by Crippen LogP contribution is -2.34. The molecule has 16 heavy (non-hydrogen) atoms. The normalized spacial score (nSPS) is 9.44. The Morgan fingerprint density at radius 2 is 1.94 bits per heavy atom. The van der Waals surface area contributed by atoms with Crippen LogP contribution in [-0.4, -0.2) is 30.9 Å². The van der Waals surface area contributed by atoms with E-state index in [-0.39, 0.29) is 24.9 Å². The molecule has 0 aromatic heterocycles. The lowest BCUT2D eigenvalue weighted by atomic mass is 10.1. The van der Waals surface area contributed by atoms with Crippen LogP contribution < -0.4 is 5.73 Å². The molecule has 0 atom stereocenters. The Bertz CT molecular complexity index is 329. The quantitative estimate of drug-likeness (QED) is 0.922. The largest absolute Gasteiger partial charge is 0.344 e. The number of amides is 1. The molecular weight excluding hydrogens is 291 g/mol. The molecule has 5 heteroatoms. The lowest BCUT2D eigenvalue weighted by molar-refractivity contribution is -0.128. The number of hydrogen-bond acceptors (Lipinski definition) is 2. The first kappa shape index (κ1) is 15.4. The Hall–Kier alpha value is -0.580. The van der Waals surface area contributed by atoms with E-state index in [1.54, 1.807) is 11.9 Å². The van der Waals surface area contributed by atoms with E-state index in [0.717, 1.165) is 10.9 Å². The van der Waals surface area contributed by atoms with Crippen LogP contribution in [0.2, 0.25) is 0 Å². The molecule has 0 aliphatic carbocycles. The molecule has 0 bridgehead atoms. The molecule has 0 fully saturated rings. The Balaban J connectivity index is 0.00000225. The number of rotatable bonds is 4. The average molecular weight is 308 g/mol. The maximum absolute atomic E-state index is 11.2. The minimum absolute atomic E-state index is 0. The van der Waals surface area contributed by atoms with Gasteiger partial charge >= 0.3 is 0 Å². The summed E-state index contributed by atoms with van der Waals surface area (Å²) in [5, 5.41) is 0. The molecule has 0 spiro atoms. The van der Waals surface area contributed by atoms with Gasteiger partial charge in [0.1, 0.15) is 0 Å². The first-order valence-corrected chi connectivity index (χ1v) is 5.61. The maximum Gasteiger partial charge on any atom is 0.236 e. The summed E-state index contributed by atoms with van der Waals surface area (Å²) < 4.78 is 1.07. The van der Waals surface area contributed by atoms with Gasteiger partial charge in [-0.25, -0.2) is 0 Å². The molecule has 0 aliphatic heterocycles. The fourth-order valence-electron chi connectivity index (χ4n) is 1.23. The second-order valence-electron chi connectivity index (χ2n) is 3.40. The van der Waals surface area contributed by atoms with Crippen LogP contribution in [-0.2, 0) is 11.2 Å². The van der Waals surface area contributed by atoms with Gasteiger partial charge in [0.05, 0.1) is 6.54 Å². The summed E-state index contributed by atoms with van der Waals surface area (Å²) in [7, 11) is 1.77. The number of halogens is 2. The van der Waals surface area contributed by atoms with Crippen LogP contribution in [0.15, 0.2) is 28.7 Å². The summed E-state index contributed by atoms with van der Waals surface area (Å²) in [6.45, 7) is 0.786. The average Bonchev–Trinajstić information content (AvgIpc) is 2.26. The molecule has 0 unspecified atom stereocenters. The van der Waals surface area contributed by atoms with Crippen LogP contribution >= 0.6 is 28.3 Å². The molecule has 90 valence electrons. The van der Waals surface area contributed by atoms with E-state index in [1.165, 1.54) is 5.56 Å². The minimum Gasteiger partial charge on any atom is -0.344 e. The van der Waals surface area contributed by atoms with Gasteiger partial charge in [-0.15, -0.1) is 12.4 Å². The first-order chi connectivity index (χ1) is 7.13. The van der Waals surface area contributed by atoms with E-state index < -0.39 is 0 Å². The molecule has 2 N–H and O–H groups in total. The molecule has 0 radical (unpaired) electrons. The lowest BCUT2D eigenvalue weighted by Gasteiger charge is -2.15. The monoisotopic (exact) mass is 306 g/mol. The summed E-state index contributed by atoms with van der Waals surface area (Å²) >= 11 is 3.38. The second-order valence-corrected chi connectivity index (χ2v) is 4.31. The number of carbonyl (C=O) groups is 1. The van der Waals surface area contributed by atoms with Crippen LogP contribution in [0.1, 0.15) is 5.56 Å². The van der Waals surface area contributed by atoms with Gasteiger partial charge in [-0.05, 0) is 24.1 Å². The van der Waals surface area contributed by atoms with Crippen LogP contribution in [0.3, 0.4) is 0 Å². The summed E-state index contributed by atoms with van der Waals surface area (Å²) in [5.41, 5.74) is 6.48. The van der Waals surface area contributed by atoms with Crippen LogP contribution in [0.5, 0.6) is 0 Å². The molecule has 1 aromatic carbocycles. The van der Waals surface area contributed by atoms with Crippen molar-refractivity contribution in [2.24, 2.45) is 5.73 Å². The number of nitrogens with two attached hydrogens (primary N) is 1. The van der Waals surface area contributed by atoms with E-state index in [0.29, 0.717) is 6.54 Å². The second kappa shape index (κ2) is 7.65. The van der Waals surface area contributed by atoms with Crippen LogP contribution in [0.4, 0.5) is 0 Å². The number of nitrogens with zero attached hydrogens (tertiary/aromatic N) is 1. The van der Waals surface area contributed by atoms with Gasteiger partial charge in [0, 0.05) is 18.1 Å². The standard InChI is InChI=1S/C11H15BrN2O.ClH/c1-14(11(15)8-13)7-6-9-2-4-10(12)5-3-9;/h2-5H,6-8,13H2,1H3;1H. The van der Waals surface area contributed by atoms with Gasteiger partial charge in [0.15, 0.2) is 0 Å². The van der Waals surface area contributed by atoms with E-state index in [1.807, 2.05) is 24.3 Å². The predicted molar refractivity (Wildman–Crippen MR) is 71.8 cm³/mol. The molecule has 0 saturated heterocycles. The third-order valence-electron chi connectivity index (χ3n) is 2.25. The van der Waals surface area contributed by atoms with Crippen molar-refractivity contribution >= 4 is 34.2 Å². The Labute approximate surface area is 111 Å². The van der Waals surface area contributed by atoms with Gasteiger partial charge in [0.2, 0.25) is 5.91 Å². The highest BCUT2D eigenvalue weighted by atomic mass is 79.9. The van der Waals surface area contributed by atoms with E-state index in [4.69, 9.17) is 5.73 Å². The summed E-state index contributed by atoms with van der Waals surface area (Å²) in [6, 6.07) is 8.09. The SMILES string of the molecule is CN(CCc1ccc(Br)cc1)C(=O)CN.Cl. The highest BCUT2D eigenvalue weighted by molar-refractivity contribution is 9.10. The van der Waals surface area contributed by atoms with Crippen LogP contribution in [0.25, 0.3) is 0 Å². The van der Waals surface area contributed by atoms with E-state index in [9.17, 15) is 4.79 Å². The van der Waals surface area contributed by atoms with Crippen molar-refractivity contribution in [2.75, 3.05) is 20.1 Å². The smallest absolute Gasteiger partial charge is 0.236 e. The first-order valence-electron chi connectivity index (χ1n) is 4.82. The number of benzene rings is 1. The van der Waals surface area contributed by atoms with Gasteiger partial charge in [-0.3, -0.25) is 4.79 Å². The maximum atomic E-state index is 11.2. The molecular formula is C11H16BrClN2O. The zero-order valence-electron chi connectivity index (χ0n) is 9.15. The van der Waals surface area contributed by atoms with Gasteiger partial charge in [-0.1, -0.05) is 28.1 Å². The van der Waals surface area contributed by atoms with Crippen molar-refractivity contribution in [3.63, 3.8) is 0 Å². The summed E-state index contributed by atoms with van der Waals surface area (Å²) in [5.74, 6) is -0.0212. The zero-order valence-corrected chi connectivity index (χ0v) is 11.6. The third-order valence-corrected chi connectivity index (χ3v) is 2.78. The van der Waals surface area contributed by atoms with Crippen molar-refractivity contribution in [3.05, 3.63) is 34.3 Å². The summed E-state index contributed by atoms with van der Waals surface area (Å²) in [6.07, 6.45) is 0.857. The van der Waals surface area contributed by atoms with Crippen molar-refractivity contribution < 1.29 is 4.79 Å². The van der Waals surface area contributed by atoms with Gasteiger partial charge in [0.25, 0.3) is 0 Å². The van der Waals surface area contributed by atoms with Gasteiger partial charge in [-0.2, -0.15) is 0 Å². The van der Waals surface area contributed by atoms with Crippen molar-refractivity contribution in [3.8, 4) is 0 Å². The predicted octanol–water partition coefficient (Wildman–Crippen LogP) is 1.83.